The Morgan fingerprint density at radius 2 is 2.19 bits per heavy atom. The van der Waals surface area contributed by atoms with Crippen LogP contribution in [-0.4, -0.2) is 25.3 Å². The Labute approximate surface area is 138 Å². The van der Waals surface area contributed by atoms with Crippen LogP contribution in [0.15, 0.2) is 18.2 Å². The number of benzene rings is 1. The third-order valence-electron chi connectivity index (χ3n) is 4.00. The molecular weight excluding hydrogens is 305 g/mol. The van der Waals surface area contributed by atoms with Gasteiger partial charge in [-0.1, -0.05) is 42.3 Å². The molecule has 2 rings (SSSR count). The van der Waals surface area contributed by atoms with Gasteiger partial charge in [0.05, 0.1) is 16.1 Å². The Bertz CT molecular complexity index is 433. The zero-order chi connectivity index (χ0) is 15.1. The Kier molecular flexibility index (Phi) is 7.31. The van der Waals surface area contributed by atoms with Crippen molar-refractivity contribution in [2.45, 2.75) is 57.6 Å². The maximum Gasteiger partial charge on any atom is 0.0624 e. The van der Waals surface area contributed by atoms with Gasteiger partial charge in [0, 0.05) is 12.6 Å². The topological polar surface area (TPSA) is 21.3 Å². The molecule has 1 heterocycles. The van der Waals surface area contributed by atoms with E-state index in [1.54, 1.807) is 0 Å². The predicted octanol–water partition coefficient (Wildman–Crippen LogP) is 4.86. The van der Waals surface area contributed by atoms with Crippen LogP contribution in [0.5, 0.6) is 0 Å². The van der Waals surface area contributed by atoms with Gasteiger partial charge in [-0.25, -0.2) is 0 Å². The minimum absolute atomic E-state index is 0.381. The third kappa shape index (κ3) is 5.45. The number of rotatable bonds is 7. The number of halogens is 2. The summed E-state index contributed by atoms with van der Waals surface area (Å²) in [7, 11) is 0. The van der Waals surface area contributed by atoms with Crippen LogP contribution < -0.4 is 5.32 Å². The summed E-state index contributed by atoms with van der Waals surface area (Å²) in [5.74, 6) is 0. The summed E-state index contributed by atoms with van der Waals surface area (Å²) in [5, 5.41) is 4.95. The van der Waals surface area contributed by atoms with Gasteiger partial charge in [-0.15, -0.1) is 0 Å². The fourth-order valence-corrected chi connectivity index (χ4v) is 3.27. The van der Waals surface area contributed by atoms with Gasteiger partial charge in [-0.3, -0.25) is 0 Å². The van der Waals surface area contributed by atoms with Gasteiger partial charge in [-0.2, -0.15) is 0 Å². The molecule has 0 bridgehead atoms. The fraction of sp³-hybridized carbons (Fsp3) is 0.647. The van der Waals surface area contributed by atoms with Crippen LogP contribution in [0.3, 0.4) is 0 Å². The molecule has 1 aliphatic rings. The summed E-state index contributed by atoms with van der Waals surface area (Å²) in [6.45, 7) is 4.12. The summed E-state index contributed by atoms with van der Waals surface area (Å²) in [6, 6.07) is 6.27. The highest BCUT2D eigenvalue weighted by Crippen LogP contribution is 2.27. The summed E-state index contributed by atoms with van der Waals surface area (Å²) >= 11 is 12.4. The van der Waals surface area contributed by atoms with E-state index in [1.807, 2.05) is 12.1 Å². The number of hydrogen-bond donors (Lipinski definition) is 1. The molecule has 1 aromatic carbocycles. The molecule has 0 aromatic heterocycles. The van der Waals surface area contributed by atoms with Gasteiger partial charge in [0.25, 0.3) is 0 Å². The second kappa shape index (κ2) is 8.99. The lowest BCUT2D eigenvalue weighted by atomic mass is 9.96. The molecule has 0 spiro atoms. The van der Waals surface area contributed by atoms with Crippen LogP contribution in [0, 0.1) is 0 Å². The van der Waals surface area contributed by atoms with Crippen molar-refractivity contribution in [1.82, 2.24) is 5.32 Å². The Balaban J connectivity index is 1.99. The van der Waals surface area contributed by atoms with E-state index in [0.29, 0.717) is 22.2 Å². The van der Waals surface area contributed by atoms with Crippen LogP contribution in [-0.2, 0) is 11.2 Å². The maximum atomic E-state index is 6.32. The molecule has 21 heavy (non-hydrogen) atoms. The minimum atomic E-state index is 0.381. The highest BCUT2D eigenvalue weighted by molar-refractivity contribution is 6.42. The van der Waals surface area contributed by atoms with E-state index in [9.17, 15) is 0 Å². The van der Waals surface area contributed by atoms with Crippen LogP contribution in [0.2, 0.25) is 10.0 Å². The van der Waals surface area contributed by atoms with Gasteiger partial charge in [-0.05, 0) is 56.7 Å². The van der Waals surface area contributed by atoms with E-state index >= 15 is 0 Å². The zero-order valence-corrected chi connectivity index (χ0v) is 14.2. The predicted molar refractivity (Wildman–Crippen MR) is 90.5 cm³/mol. The Morgan fingerprint density at radius 1 is 1.33 bits per heavy atom. The van der Waals surface area contributed by atoms with E-state index in [2.05, 4.69) is 18.3 Å². The molecule has 118 valence electrons. The Morgan fingerprint density at radius 3 is 2.90 bits per heavy atom. The zero-order valence-electron chi connectivity index (χ0n) is 12.7. The van der Waals surface area contributed by atoms with Crippen molar-refractivity contribution in [1.29, 1.82) is 0 Å². The molecule has 1 fully saturated rings. The van der Waals surface area contributed by atoms with Crippen molar-refractivity contribution < 1.29 is 4.74 Å². The van der Waals surface area contributed by atoms with Crippen LogP contribution in [0.1, 0.15) is 44.6 Å². The lowest BCUT2D eigenvalue weighted by Gasteiger charge is -2.28. The van der Waals surface area contributed by atoms with Crippen molar-refractivity contribution in [3.63, 3.8) is 0 Å². The summed E-state index contributed by atoms with van der Waals surface area (Å²) < 4.78 is 5.88. The Hall–Kier alpha value is -0.280. The second-order valence-corrected chi connectivity index (χ2v) is 6.58. The van der Waals surface area contributed by atoms with Gasteiger partial charge in [0.15, 0.2) is 0 Å². The standard InChI is InChI=1S/C17H25Cl2NO/c1-2-9-20-14(12-15-7-3-4-10-21-15)11-13-6-5-8-16(18)17(13)19/h5-6,8,14-15,20H,2-4,7,9-12H2,1H3. The number of ether oxygens (including phenoxy) is 1. The first kappa shape index (κ1) is 17.1. The molecule has 2 nitrogen and oxygen atoms in total. The van der Waals surface area contributed by atoms with E-state index in [0.717, 1.165) is 38.0 Å². The first-order valence-electron chi connectivity index (χ1n) is 7.98. The van der Waals surface area contributed by atoms with E-state index < -0.39 is 0 Å². The summed E-state index contributed by atoms with van der Waals surface area (Å²) in [5.41, 5.74) is 1.12. The first-order chi connectivity index (χ1) is 10.2. The molecule has 0 saturated carbocycles. The van der Waals surface area contributed by atoms with Gasteiger partial charge in [0.1, 0.15) is 0 Å². The number of hydrogen-bond acceptors (Lipinski definition) is 2. The lowest BCUT2D eigenvalue weighted by Crippen LogP contribution is -2.37. The molecule has 1 saturated heterocycles. The highest BCUT2D eigenvalue weighted by Gasteiger charge is 2.20. The van der Waals surface area contributed by atoms with Crippen LogP contribution in [0.25, 0.3) is 0 Å². The molecule has 1 N–H and O–H groups in total. The SMILES string of the molecule is CCCNC(Cc1cccc(Cl)c1Cl)CC1CCCCO1. The minimum Gasteiger partial charge on any atom is -0.378 e. The maximum absolute atomic E-state index is 6.32. The lowest BCUT2D eigenvalue weighted by molar-refractivity contribution is 0.00526. The smallest absolute Gasteiger partial charge is 0.0624 e. The van der Waals surface area contributed by atoms with E-state index in [1.165, 1.54) is 19.3 Å². The average molecular weight is 330 g/mol. The molecule has 1 aromatic rings. The molecule has 2 atom stereocenters. The molecule has 0 aliphatic carbocycles. The molecular formula is C17H25Cl2NO. The molecule has 0 radical (unpaired) electrons. The van der Waals surface area contributed by atoms with Crippen molar-refractivity contribution in [3.8, 4) is 0 Å². The summed E-state index contributed by atoms with van der Waals surface area (Å²) in [6.07, 6.45) is 7.11. The molecule has 2 unspecified atom stereocenters. The van der Waals surface area contributed by atoms with Gasteiger partial charge in [0.2, 0.25) is 0 Å². The molecule has 0 amide bonds. The summed E-state index contributed by atoms with van der Waals surface area (Å²) in [4.78, 5) is 0. The van der Waals surface area contributed by atoms with Crippen molar-refractivity contribution in [2.24, 2.45) is 0 Å². The van der Waals surface area contributed by atoms with Gasteiger partial charge < -0.3 is 10.1 Å². The van der Waals surface area contributed by atoms with Gasteiger partial charge >= 0.3 is 0 Å². The molecule has 4 heteroatoms. The van der Waals surface area contributed by atoms with Crippen molar-refractivity contribution in [3.05, 3.63) is 33.8 Å². The monoisotopic (exact) mass is 329 g/mol. The van der Waals surface area contributed by atoms with E-state index in [4.69, 9.17) is 27.9 Å². The fourth-order valence-electron chi connectivity index (χ4n) is 2.87. The first-order valence-corrected chi connectivity index (χ1v) is 8.74. The second-order valence-electron chi connectivity index (χ2n) is 5.79. The van der Waals surface area contributed by atoms with Crippen molar-refractivity contribution >= 4 is 23.2 Å². The largest absolute Gasteiger partial charge is 0.378 e. The van der Waals surface area contributed by atoms with Crippen LogP contribution >= 0.6 is 23.2 Å². The number of nitrogens with one attached hydrogen (secondary N) is 1. The average Bonchev–Trinajstić information content (AvgIpc) is 2.50. The molecule has 1 aliphatic heterocycles. The normalized spacial score (nSPS) is 20.4. The quantitative estimate of drug-likeness (QED) is 0.771. The van der Waals surface area contributed by atoms with Crippen LogP contribution in [0.4, 0.5) is 0 Å². The third-order valence-corrected chi connectivity index (χ3v) is 4.86. The van der Waals surface area contributed by atoms with E-state index in [-0.39, 0.29) is 0 Å². The highest BCUT2D eigenvalue weighted by atomic mass is 35.5. The van der Waals surface area contributed by atoms with Crippen molar-refractivity contribution in [2.75, 3.05) is 13.2 Å².